The van der Waals surface area contributed by atoms with E-state index in [2.05, 4.69) is 34.4 Å². The van der Waals surface area contributed by atoms with Gasteiger partial charge in [-0.1, -0.05) is 13.8 Å². The molecule has 1 atom stereocenters. The van der Waals surface area contributed by atoms with Crippen molar-refractivity contribution in [2.24, 2.45) is 0 Å². The number of nitrogens with one attached hydrogen (secondary N) is 2. The van der Waals surface area contributed by atoms with Crippen molar-refractivity contribution in [1.82, 2.24) is 15.3 Å². The van der Waals surface area contributed by atoms with Crippen molar-refractivity contribution in [2.45, 2.75) is 45.6 Å². The van der Waals surface area contributed by atoms with Crippen molar-refractivity contribution in [3.63, 3.8) is 0 Å². The van der Waals surface area contributed by atoms with E-state index in [0.29, 0.717) is 24.8 Å². The Morgan fingerprint density at radius 3 is 2.83 bits per heavy atom. The Morgan fingerprint density at radius 1 is 1.44 bits per heavy atom. The molecule has 0 radical (unpaired) electrons. The smallest absolute Gasteiger partial charge is 0.223 e. The molecule has 0 aromatic carbocycles. The molecule has 1 saturated heterocycles. The van der Waals surface area contributed by atoms with E-state index in [1.807, 2.05) is 13.0 Å². The molecule has 2 rings (SSSR count). The summed E-state index contributed by atoms with van der Waals surface area (Å²) in [7, 11) is 0. The number of nitrogens with zero attached hydrogens (tertiary/aromatic N) is 2. The lowest BCUT2D eigenvalue weighted by molar-refractivity contribution is -0.122. The average Bonchev–Trinajstić information content (AvgIpc) is 2.31. The van der Waals surface area contributed by atoms with Crippen molar-refractivity contribution in [2.75, 3.05) is 11.9 Å². The lowest BCUT2D eigenvalue weighted by atomic mass is 10.1. The SMILES string of the molecule is Cc1cc(C(C)C)nc(NC2CCC(=O)NC2)n1. The van der Waals surface area contributed by atoms with E-state index in [1.165, 1.54) is 0 Å². The Balaban J connectivity index is 2.06. The number of anilines is 1. The highest BCUT2D eigenvalue weighted by atomic mass is 16.1. The molecule has 5 nitrogen and oxygen atoms in total. The number of aromatic nitrogens is 2. The van der Waals surface area contributed by atoms with Crippen LogP contribution in [0.1, 0.15) is 44.0 Å². The molecule has 0 aliphatic carbocycles. The first kappa shape index (κ1) is 12.8. The minimum absolute atomic E-state index is 0.126. The van der Waals surface area contributed by atoms with Crippen molar-refractivity contribution in [3.8, 4) is 0 Å². The lowest BCUT2D eigenvalue weighted by Gasteiger charge is -2.23. The van der Waals surface area contributed by atoms with E-state index in [4.69, 9.17) is 0 Å². The van der Waals surface area contributed by atoms with Gasteiger partial charge in [0.1, 0.15) is 0 Å². The third kappa shape index (κ3) is 3.18. The molecule has 1 fully saturated rings. The van der Waals surface area contributed by atoms with Gasteiger partial charge in [0.25, 0.3) is 0 Å². The molecule has 1 aromatic rings. The predicted octanol–water partition coefficient (Wildman–Crippen LogP) is 1.60. The summed E-state index contributed by atoms with van der Waals surface area (Å²) in [6.07, 6.45) is 1.40. The fourth-order valence-electron chi connectivity index (χ4n) is 1.99. The van der Waals surface area contributed by atoms with Gasteiger partial charge in [-0.3, -0.25) is 4.79 Å². The molecule has 0 spiro atoms. The summed E-state index contributed by atoms with van der Waals surface area (Å²) in [6.45, 7) is 6.85. The Hall–Kier alpha value is -1.65. The number of hydrogen-bond acceptors (Lipinski definition) is 4. The molecule has 1 aliphatic rings. The molecule has 1 unspecified atom stereocenters. The largest absolute Gasteiger partial charge is 0.354 e. The van der Waals surface area contributed by atoms with Crippen LogP contribution < -0.4 is 10.6 Å². The van der Waals surface area contributed by atoms with Crippen LogP contribution in [0.3, 0.4) is 0 Å². The van der Waals surface area contributed by atoms with E-state index in [-0.39, 0.29) is 11.9 Å². The molecule has 1 amide bonds. The van der Waals surface area contributed by atoms with Gasteiger partial charge < -0.3 is 10.6 Å². The third-order valence-corrected chi connectivity index (χ3v) is 3.06. The van der Waals surface area contributed by atoms with Crippen molar-refractivity contribution >= 4 is 11.9 Å². The third-order valence-electron chi connectivity index (χ3n) is 3.06. The summed E-state index contributed by atoms with van der Waals surface area (Å²) in [5.74, 6) is 1.18. The number of hydrogen-bond donors (Lipinski definition) is 2. The topological polar surface area (TPSA) is 66.9 Å². The lowest BCUT2D eigenvalue weighted by Crippen LogP contribution is -2.42. The zero-order valence-corrected chi connectivity index (χ0v) is 11.2. The van der Waals surface area contributed by atoms with Gasteiger partial charge in [-0.25, -0.2) is 9.97 Å². The molecule has 1 aromatic heterocycles. The Morgan fingerprint density at radius 2 is 2.22 bits per heavy atom. The first-order chi connectivity index (χ1) is 8.54. The van der Waals surface area contributed by atoms with E-state index in [0.717, 1.165) is 17.8 Å². The second-order valence-electron chi connectivity index (χ2n) is 5.10. The van der Waals surface area contributed by atoms with Crippen LogP contribution in [-0.4, -0.2) is 28.5 Å². The highest BCUT2D eigenvalue weighted by Gasteiger charge is 2.18. The van der Waals surface area contributed by atoms with Gasteiger partial charge in [0, 0.05) is 30.4 Å². The van der Waals surface area contributed by atoms with Gasteiger partial charge in [0.2, 0.25) is 11.9 Å². The maximum atomic E-state index is 11.1. The Kier molecular flexibility index (Phi) is 3.79. The van der Waals surface area contributed by atoms with Crippen LogP contribution in [0, 0.1) is 6.92 Å². The molecule has 18 heavy (non-hydrogen) atoms. The molecule has 0 bridgehead atoms. The first-order valence-corrected chi connectivity index (χ1v) is 6.43. The average molecular weight is 248 g/mol. The van der Waals surface area contributed by atoms with Gasteiger partial charge in [0.05, 0.1) is 0 Å². The molecular formula is C13H20N4O. The number of piperidine rings is 1. The van der Waals surface area contributed by atoms with Crippen LogP contribution in [0.5, 0.6) is 0 Å². The van der Waals surface area contributed by atoms with Crippen LogP contribution in [0.25, 0.3) is 0 Å². The van der Waals surface area contributed by atoms with Crippen LogP contribution in [0.4, 0.5) is 5.95 Å². The number of aryl methyl sites for hydroxylation is 1. The number of rotatable bonds is 3. The summed E-state index contributed by atoms with van der Waals surface area (Å²) >= 11 is 0. The number of amides is 1. The number of carbonyl (C=O) groups is 1. The maximum absolute atomic E-state index is 11.1. The first-order valence-electron chi connectivity index (χ1n) is 6.43. The summed E-state index contributed by atoms with van der Waals surface area (Å²) in [4.78, 5) is 20.0. The zero-order chi connectivity index (χ0) is 13.1. The summed E-state index contributed by atoms with van der Waals surface area (Å²) in [5.41, 5.74) is 2.01. The van der Waals surface area contributed by atoms with Gasteiger partial charge in [-0.2, -0.15) is 0 Å². The molecular weight excluding hydrogens is 228 g/mol. The highest BCUT2D eigenvalue weighted by Crippen LogP contribution is 2.16. The fourth-order valence-corrected chi connectivity index (χ4v) is 1.99. The van der Waals surface area contributed by atoms with Crippen LogP contribution >= 0.6 is 0 Å². The second kappa shape index (κ2) is 5.33. The van der Waals surface area contributed by atoms with Crippen molar-refractivity contribution in [1.29, 1.82) is 0 Å². The number of carbonyl (C=O) groups excluding carboxylic acids is 1. The van der Waals surface area contributed by atoms with Crippen molar-refractivity contribution in [3.05, 3.63) is 17.5 Å². The Labute approximate surface area is 107 Å². The van der Waals surface area contributed by atoms with Crippen LogP contribution in [0.2, 0.25) is 0 Å². The Bertz CT molecular complexity index is 435. The summed E-state index contributed by atoms with van der Waals surface area (Å²) < 4.78 is 0. The highest BCUT2D eigenvalue weighted by molar-refractivity contribution is 5.76. The van der Waals surface area contributed by atoms with E-state index >= 15 is 0 Å². The van der Waals surface area contributed by atoms with Crippen molar-refractivity contribution < 1.29 is 4.79 Å². The second-order valence-corrected chi connectivity index (χ2v) is 5.10. The predicted molar refractivity (Wildman–Crippen MR) is 70.5 cm³/mol. The van der Waals surface area contributed by atoms with Crippen LogP contribution in [-0.2, 0) is 4.79 Å². The standard InChI is InChI=1S/C13H20N4O/c1-8(2)11-6-9(3)15-13(17-11)16-10-4-5-12(18)14-7-10/h6,8,10H,4-5,7H2,1-3H3,(H,14,18)(H,15,16,17). The zero-order valence-electron chi connectivity index (χ0n) is 11.2. The van der Waals surface area contributed by atoms with E-state index in [9.17, 15) is 4.79 Å². The summed E-state index contributed by atoms with van der Waals surface area (Å²) in [5, 5.41) is 6.15. The maximum Gasteiger partial charge on any atom is 0.223 e. The monoisotopic (exact) mass is 248 g/mol. The van der Waals surface area contributed by atoms with Gasteiger partial charge >= 0.3 is 0 Å². The molecule has 0 saturated carbocycles. The summed E-state index contributed by atoms with van der Waals surface area (Å²) in [6, 6.07) is 2.24. The molecule has 5 heteroatoms. The minimum atomic E-state index is 0.126. The quantitative estimate of drug-likeness (QED) is 0.852. The normalized spacial score (nSPS) is 19.8. The fraction of sp³-hybridized carbons (Fsp3) is 0.615. The molecule has 2 heterocycles. The van der Waals surface area contributed by atoms with Crippen LogP contribution in [0.15, 0.2) is 6.07 Å². The molecule has 98 valence electrons. The molecule has 2 N–H and O–H groups in total. The van der Waals surface area contributed by atoms with Gasteiger partial charge in [0.15, 0.2) is 0 Å². The van der Waals surface area contributed by atoms with E-state index in [1.54, 1.807) is 0 Å². The molecule has 1 aliphatic heterocycles. The van der Waals surface area contributed by atoms with Gasteiger partial charge in [-0.05, 0) is 25.3 Å². The van der Waals surface area contributed by atoms with Gasteiger partial charge in [-0.15, -0.1) is 0 Å². The minimum Gasteiger partial charge on any atom is -0.354 e. The van der Waals surface area contributed by atoms with E-state index < -0.39 is 0 Å².